The number of allylic oxidation sites excluding steroid dienone is 12. The first-order chi connectivity index (χ1) is 36.1. The van der Waals surface area contributed by atoms with Crippen molar-refractivity contribution in [3.63, 3.8) is 0 Å². The Morgan fingerprint density at radius 3 is 0.890 bits per heavy atom. The van der Waals surface area contributed by atoms with Crippen LogP contribution < -0.4 is 0 Å². The van der Waals surface area contributed by atoms with Gasteiger partial charge in [-0.15, -0.1) is 0 Å². The molecule has 0 fully saturated rings. The second-order valence-electron chi connectivity index (χ2n) is 21.5. The summed E-state index contributed by atoms with van der Waals surface area (Å²) in [5.41, 5.74) is 0. The number of unbranched alkanes of at least 4 members (excludes halogenated alkanes) is 39. The van der Waals surface area contributed by atoms with Gasteiger partial charge in [-0.3, -0.25) is 9.59 Å². The van der Waals surface area contributed by atoms with E-state index in [0.717, 1.165) is 77.0 Å². The molecule has 0 heterocycles. The smallest absolute Gasteiger partial charge is 0.306 e. The van der Waals surface area contributed by atoms with Gasteiger partial charge in [0, 0.05) is 12.8 Å². The fourth-order valence-corrected chi connectivity index (χ4v) is 9.50. The molecule has 1 unspecified atom stereocenters. The van der Waals surface area contributed by atoms with Crippen LogP contribution in [0, 0.1) is 0 Å². The maximum absolute atomic E-state index is 12.3. The summed E-state index contributed by atoms with van der Waals surface area (Å²) in [5, 5.41) is 9.68. The molecule has 0 aromatic carbocycles. The van der Waals surface area contributed by atoms with Gasteiger partial charge in [-0.1, -0.05) is 324 Å². The third-order valence-electron chi connectivity index (χ3n) is 14.3. The standard InChI is InChI=1S/C68H122O5/c1-3-5-7-9-11-13-15-17-19-21-23-25-27-29-31-33-34-35-37-39-41-43-45-47-49-51-53-55-57-59-61-63-68(71)73-66(64-69)65-72-67(70)62-60-58-56-54-52-50-48-46-44-42-40-38-36-32-30-28-26-24-22-20-18-16-14-12-10-8-6-4-2/h5,7,11,13,17,19,23,25,29,31,34-35,66,69H,3-4,6,8-10,12,14-16,18,20-22,24,26-28,30,32-33,36-65H2,1-2H3/b7-5-,13-11-,19-17-,25-23-,31-29-,35-34-. The summed E-state index contributed by atoms with van der Waals surface area (Å²) in [5.74, 6) is -0.579. The lowest BCUT2D eigenvalue weighted by Crippen LogP contribution is -2.28. The Bertz CT molecular complexity index is 1290. The summed E-state index contributed by atoms with van der Waals surface area (Å²) in [6.07, 6.45) is 87.6. The van der Waals surface area contributed by atoms with E-state index in [4.69, 9.17) is 9.47 Å². The van der Waals surface area contributed by atoms with Gasteiger partial charge >= 0.3 is 11.9 Å². The molecule has 0 spiro atoms. The van der Waals surface area contributed by atoms with E-state index in [0.29, 0.717) is 12.8 Å². The molecule has 0 bridgehead atoms. The first-order valence-corrected chi connectivity index (χ1v) is 32.0. The van der Waals surface area contributed by atoms with Crippen LogP contribution in [-0.4, -0.2) is 36.4 Å². The number of carbonyl (C=O) groups excluding carboxylic acids is 2. The number of aliphatic hydroxyl groups excluding tert-OH is 1. The fourth-order valence-electron chi connectivity index (χ4n) is 9.50. The molecule has 0 aromatic rings. The predicted octanol–water partition coefficient (Wildman–Crippen LogP) is 21.9. The first kappa shape index (κ1) is 70.3. The predicted molar refractivity (Wildman–Crippen MR) is 320 cm³/mol. The molecule has 0 aliphatic heterocycles. The van der Waals surface area contributed by atoms with Crippen LogP contribution in [0.5, 0.6) is 0 Å². The van der Waals surface area contributed by atoms with Crippen molar-refractivity contribution in [3.05, 3.63) is 72.9 Å². The van der Waals surface area contributed by atoms with Crippen molar-refractivity contribution < 1.29 is 24.2 Å². The quantitative estimate of drug-likeness (QED) is 0.0373. The molecule has 1 atom stereocenters. The van der Waals surface area contributed by atoms with Gasteiger partial charge < -0.3 is 14.6 Å². The summed E-state index contributed by atoms with van der Waals surface area (Å²) in [6, 6.07) is 0. The van der Waals surface area contributed by atoms with Gasteiger partial charge in [0.25, 0.3) is 0 Å². The highest BCUT2D eigenvalue weighted by Crippen LogP contribution is 2.18. The number of hydrogen-bond acceptors (Lipinski definition) is 5. The van der Waals surface area contributed by atoms with Crippen LogP contribution in [0.25, 0.3) is 0 Å². The summed E-state index contributed by atoms with van der Waals surface area (Å²) in [7, 11) is 0. The zero-order valence-corrected chi connectivity index (χ0v) is 48.6. The van der Waals surface area contributed by atoms with Gasteiger partial charge in [0.15, 0.2) is 6.10 Å². The van der Waals surface area contributed by atoms with E-state index in [1.165, 1.54) is 225 Å². The molecule has 0 aliphatic carbocycles. The molecule has 5 heteroatoms. The van der Waals surface area contributed by atoms with Gasteiger partial charge in [-0.25, -0.2) is 0 Å². The van der Waals surface area contributed by atoms with E-state index in [1.54, 1.807) is 0 Å². The molecular weight excluding hydrogens is 897 g/mol. The highest BCUT2D eigenvalue weighted by Gasteiger charge is 2.16. The molecule has 73 heavy (non-hydrogen) atoms. The third-order valence-corrected chi connectivity index (χ3v) is 14.3. The van der Waals surface area contributed by atoms with Crippen molar-refractivity contribution in [1.82, 2.24) is 0 Å². The van der Waals surface area contributed by atoms with Crippen molar-refractivity contribution in [1.29, 1.82) is 0 Å². The molecule has 1 N–H and O–H groups in total. The maximum Gasteiger partial charge on any atom is 0.306 e. The molecule has 0 aromatic heterocycles. The topological polar surface area (TPSA) is 72.8 Å². The van der Waals surface area contributed by atoms with E-state index < -0.39 is 6.10 Å². The van der Waals surface area contributed by atoms with Crippen LogP contribution in [0.4, 0.5) is 0 Å². The molecule has 0 saturated heterocycles. The van der Waals surface area contributed by atoms with Crippen LogP contribution in [-0.2, 0) is 19.1 Å². The summed E-state index contributed by atoms with van der Waals surface area (Å²) in [4.78, 5) is 24.6. The molecule has 0 rings (SSSR count). The van der Waals surface area contributed by atoms with Crippen LogP contribution in [0.3, 0.4) is 0 Å². The number of rotatable bonds is 59. The Hall–Kier alpha value is -2.66. The van der Waals surface area contributed by atoms with E-state index in [1.807, 2.05) is 0 Å². The zero-order valence-electron chi connectivity index (χ0n) is 48.6. The Morgan fingerprint density at radius 1 is 0.329 bits per heavy atom. The Kier molecular flexibility index (Phi) is 61.3. The van der Waals surface area contributed by atoms with Crippen LogP contribution in [0.15, 0.2) is 72.9 Å². The number of ether oxygens (including phenoxy) is 2. The minimum absolute atomic E-state index is 0.0645. The van der Waals surface area contributed by atoms with Gasteiger partial charge in [0.1, 0.15) is 6.61 Å². The van der Waals surface area contributed by atoms with Crippen LogP contribution >= 0.6 is 0 Å². The molecule has 0 saturated carbocycles. The van der Waals surface area contributed by atoms with Gasteiger partial charge in [-0.05, 0) is 64.2 Å². The monoisotopic (exact) mass is 1020 g/mol. The summed E-state index contributed by atoms with van der Waals surface area (Å²) < 4.78 is 10.7. The first-order valence-electron chi connectivity index (χ1n) is 32.0. The highest BCUT2D eigenvalue weighted by atomic mass is 16.6. The van der Waals surface area contributed by atoms with E-state index >= 15 is 0 Å². The largest absolute Gasteiger partial charge is 0.462 e. The minimum Gasteiger partial charge on any atom is -0.462 e. The van der Waals surface area contributed by atoms with E-state index in [9.17, 15) is 14.7 Å². The molecular formula is C68H122O5. The minimum atomic E-state index is -0.775. The van der Waals surface area contributed by atoms with E-state index in [2.05, 4.69) is 86.8 Å². The lowest BCUT2D eigenvalue weighted by Gasteiger charge is -2.15. The van der Waals surface area contributed by atoms with Crippen LogP contribution in [0.2, 0.25) is 0 Å². The Balaban J connectivity index is 3.45. The van der Waals surface area contributed by atoms with E-state index in [-0.39, 0.29) is 25.2 Å². The van der Waals surface area contributed by atoms with Crippen LogP contribution in [0.1, 0.15) is 328 Å². The maximum atomic E-state index is 12.3. The molecule has 0 aliphatic rings. The lowest BCUT2D eigenvalue weighted by atomic mass is 10.0. The second-order valence-corrected chi connectivity index (χ2v) is 21.5. The normalized spacial score (nSPS) is 12.6. The fraction of sp³-hybridized carbons (Fsp3) is 0.794. The summed E-state index contributed by atoms with van der Waals surface area (Å²) >= 11 is 0. The number of esters is 2. The van der Waals surface area contributed by atoms with Crippen molar-refractivity contribution in [2.24, 2.45) is 0 Å². The van der Waals surface area contributed by atoms with Crippen molar-refractivity contribution >= 4 is 11.9 Å². The molecule has 424 valence electrons. The Labute approximate surface area is 454 Å². The second kappa shape index (κ2) is 63.6. The molecule has 0 radical (unpaired) electrons. The molecule has 5 nitrogen and oxygen atoms in total. The lowest BCUT2D eigenvalue weighted by molar-refractivity contribution is -0.161. The molecule has 0 amide bonds. The number of hydrogen-bond donors (Lipinski definition) is 1. The third kappa shape index (κ3) is 61.8. The van der Waals surface area contributed by atoms with Crippen molar-refractivity contribution in [2.75, 3.05) is 13.2 Å². The van der Waals surface area contributed by atoms with Crippen molar-refractivity contribution in [2.45, 2.75) is 335 Å². The number of carbonyl (C=O) groups is 2. The average Bonchev–Trinajstić information content (AvgIpc) is 3.39. The SMILES string of the molecule is CC/C=C\C/C=C\C/C=C\C/C=C\C/C=C\C/C=C\CCCCCCCCCCCCCCC(=O)OC(CO)COC(=O)CCCCCCCCCCCCCCCCCCCCCCCCCCCCCC. The Morgan fingerprint density at radius 2 is 0.589 bits per heavy atom. The van der Waals surface area contributed by atoms with Gasteiger partial charge in [-0.2, -0.15) is 0 Å². The average molecular weight is 1020 g/mol. The highest BCUT2D eigenvalue weighted by molar-refractivity contribution is 5.70. The van der Waals surface area contributed by atoms with Crippen molar-refractivity contribution in [3.8, 4) is 0 Å². The zero-order chi connectivity index (χ0) is 52.7. The number of aliphatic hydroxyl groups is 1. The summed E-state index contributed by atoms with van der Waals surface area (Å²) in [6.45, 7) is 4.07. The van der Waals surface area contributed by atoms with Gasteiger partial charge in [0.05, 0.1) is 6.61 Å². The van der Waals surface area contributed by atoms with Gasteiger partial charge in [0.2, 0.25) is 0 Å².